The zero-order chi connectivity index (χ0) is 13.7. The Kier molecular flexibility index (Phi) is 3.13. The first-order valence-corrected chi connectivity index (χ1v) is 8.50. The fourth-order valence-corrected chi connectivity index (χ4v) is 5.26. The summed E-state index contributed by atoms with van der Waals surface area (Å²) in [6.07, 6.45) is 7.20. The summed E-state index contributed by atoms with van der Waals surface area (Å²) in [7, 11) is -4.53. The van der Waals surface area contributed by atoms with E-state index in [0.717, 1.165) is 37.0 Å². The van der Waals surface area contributed by atoms with Gasteiger partial charge in [-0.05, 0) is 56.3 Å². The maximum Gasteiger partial charge on any atom is 0.319 e. The SMILES string of the molecule is O=C(CS(=O)(=O)[O-])OCC12CC3CC(CC(C3)C1)C2. The van der Waals surface area contributed by atoms with Gasteiger partial charge in [0.15, 0.2) is 0 Å². The molecule has 0 radical (unpaired) electrons. The predicted molar refractivity (Wildman–Crippen MR) is 66.1 cm³/mol. The van der Waals surface area contributed by atoms with Crippen LogP contribution in [0.4, 0.5) is 0 Å². The largest absolute Gasteiger partial charge is 0.748 e. The van der Waals surface area contributed by atoms with Gasteiger partial charge < -0.3 is 9.29 Å². The molecule has 4 rings (SSSR count). The van der Waals surface area contributed by atoms with Crippen LogP contribution in [0.15, 0.2) is 0 Å². The van der Waals surface area contributed by atoms with E-state index in [1.54, 1.807) is 0 Å². The van der Waals surface area contributed by atoms with Gasteiger partial charge >= 0.3 is 5.97 Å². The molecular weight excluding hydrogens is 268 g/mol. The molecule has 0 aromatic rings. The van der Waals surface area contributed by atoms with Crippen LogP contribution < -0.4 is 0 Å². The minimum Gasteiger partial charge on any atom is -0.748 e. The summed E-state index contributed by atoms with van der Waals surface area (Å²) in [5, 5.41) is 0. The normalized spacial score (nSPS) is 40.4. The van der Waals surface area contributed by atoms with E-state index in [2.05, 4.69) is 0 Å². The summed E-state index contributed by atoms with van der Waals surface area (Å²) in [5.41, 5.74) is 0.0665. The lowest BCUT2D eigenvalue weighted by atomic mass is 9.50. The minimum atomic E-state index is -4.53. The molecule has 4 bridgehead atoms. The van der Waals surface area contributed by atoms with E-state index in [1.807, 2.05) is 0 Å². The third-order valence-corrected chi connectivity index (χ3v) is 5.59. The molecule has 0 N–H and O–H groups in total. The topological polar surface area (TPSA) is 83.5 Å². The first kappa shape index (κ1) is 13.4. The van der Waals surface area contributed by atoms with Crippen molar-refractivity contribution >= 4 is 16.1 Å². The summed E-state index contributed by atoms with van der Waals surface area (Å²) >= 11 is 0. The molecule has 0 saturated heterocycles. The van der Waals surface area contributed by atoms with Crippen LogP contribution in [0.5, 0.6) is 0 Å². The molecule has 6 heteroatoms. The fourth-order valence-electron chi connectivity index (χ4n) is 4.89. The van der Waals surface area contributed by atoms with Gasteiger partial charge in [0.1, 0.15) is 15.9 Å². The highest BCUT2D eigenvalue weighted by Gasteiger charge is 2.51. The Morgan fingerprint density at radius 1 is 1.11 bits per heavy atom. The molecule has 5 nitrogen and oxygen atoms in total. The number of carbonyl (C=O) groups is 1. The van der Waals surface area contributed by atoms with Gasteiger partial charge in [0, 0.05) is 5.41 Å². The molecule has 0 atom stereocenters. The van der Waals surface area contributed by atoms with Gasteiger partial charge in [-0.25, -0.2) is 8.42 Å². The Morgan fingerprint density at radius 3 is 2.00 bits per heavy atom. The number of ether oxygens (including phenoxy) is 1. The highest BCUT2D eigenvalue weighted by molar-refractivity contribution is 7.86. The smallest absolute Gasteiger partial charge is 0.319 e. The summed E-state index contributed by atoms with van der Waals surface area (Å²) in [5.74, 6) is 0.333. The van der Waals surface area contributed by atoms with Crippen molar-refractivity contribution < 1.29 is 22.5 Å². The maximum atomic E-state index is 11.4. The molecule has 0 amide bonds. The van der Waals surface area contributed by atoms with Gasteiger partial charge in [-0.3, -0.25) is 4.79 Å². The Balaban J connectivity index is 1.59. The lowest BCUT2D eigenvalue weighted by Crippen LogP contribution is -2.48. The minimum absolute atomic E-state index is 0.0665. The predicted octanol–water partition coefficient (Wildman–Crippen LogP) is 1.29. The quantitative estimate of drug-likeness (QED) is 0.574. The van der Waals surface area contributed by atoms with Crippen LogP contribution in [0.25, 0.3) is 0 Å². The number of carbonyl (C=O) groups excluding carboxylic acids is 1. The third kappa shape index (κ3) is 2.94. The third-order valence-electron chi connectivity index (χ3n) is 5.00. The van der Waals surface area contributed by atoms with Crippen molar-refractivity contribution in [1.29, 1.82) is 0 Å². The average molecular weight is 287 g/mol. The Hall–Kier alpha value is -0.620. The number of hydrogen-bond acceptors (Lipinski definition) is 5. The van der Waals surface area contributed by atoms with Crippen molar-refractivity contribution in [3.8, 4) is 0 Å². The lowest BCUT2D eigenvalue weighted by molar-refractivity contribution is -0.152. The maximum absolute atomic E-state index is 11.4. The van der Waals surface area contributed by atoms with Gasteiger partial charge in [0.05, 0.1) is 6.61 Å². The molecule has 0 heterocycles. The van der Waals surface area contributed by atoms with Crippen LogP contribution in [0.3, 0.4) is 0 Å². The van der Waals surface area contributed by atoms with E-state index in [1.165, 1.54) is 19.3 Å². The van der Waals surface area contributed by atoms with E-state index in [9.17, 15) is 17.8 Å². The summed E-state index contributed by atoms with van der Waals surface area (Å²) in [4.78, 5) is 11.4. The monoisotopic (exact) mass is 287 g/mol. The van der Waals surface area contributed by atoms with Gasteiger partial charge in [0.2, 0.25) is 0 Å². The van der Waals surface area contributed by atoms with Crippen molar-refractivity contribution in [3.63, 3.8) is 0 Å². The molecule has 0 spiro atoms. The zero-order valence-corrected chi connectivity index (χ0v) is 11.7. The highest BCUT2D eigenvalue weighted by atomic mass is 32.2. The van der Waals surface area contributed by atoms with Crippen molar-refractivity contribution in [3.05, 3.63) is 0 Å². The lowest BCUT2D eigenvalue weighted by Gasteiger charge is -2.56. The molecule has 0 unspecified atom stereocenters. The summed E-state index contributed by atoms with van der Waals surface area (Å²) in [6.45, 7) is 0.296. The van der Waals surface area contributed by atoms with E-state index >= 15 is 0 Å². The van der Waals surface area contributed by atoms with Crippen LogP contribution >= 0.6 is 0 Å². The summed E-state index contributed by atoms with van der Waals surface area (Å²) < 4.78 is 36.6. The van der Waals surface area contributed by atoms with Crippen molar-refractivity contribution in [2.24, 2.45) is 23.2 Å². The molecule has 0 aromatic carbocycles. The van der Waals surface area contributed by atoms with Gasteiger partial charge in [0.25, 0.3) is 0 Å². The van der Waals surface area contributed by atoms with Crippen LogP contribution in [-0.4, -0.2) is 31.3 Å². The molecule has 19 heavy (non-hydrogen) atoms. The van der Waals surface area contributed by atoms with E-state index in [-0.39, 0.29) is 5.41 Å². The zero-order valence-electron chi connectivity index (χ0n) is 10.8. The second kappa shape index (κ2) is 4.45. The van der Waals surface area contributed by atoms with Crippen molar-refractivity contribution in [2.45, 2.75) is 38.5 Å². The van der Waals surface area contributed by atoms with Crippen LogP contribution in [-0.2, 0) is 19.6 Å². The van der Waals surface area contributed by atoms with Gasteiger partial charge in [-0.2, -0.15) is 0 Å². The number of esters is 1. The van der Waals surface area contributed by atoms with E-state index < -0.39 is 21.8 Å². The Labute approximate surface area is 113 Å². The van der Waals surface area contributed by atoms with Crippen LogP contribution in [0, 0.1) is 23.2 Å². The first-order chi connectivity index (χ1) is 8.84. The number of hydrogen-bond donors (Lipinski definition) is 0. The van der Waals surface area contributed by atoms with Crippen LogP contribution in [0.2, 0.25) is 0 Å². The average Bonchev–Trinajstić information content (AvgIpc) is 2.22. The standard InChI is InChI=1S/C13H20O5S/c14-12(7-19(15,16)17)18-8-13-4-9-1-10(5-13)3-11(2-9)6-13/h9-11H,1-8H2,(H,15,16,17)/p-1. The van der Waals surface area contributed by atoms with Crippen LogP contribution in [0.1, 0.15) is 38.5 Å². The van der Waals surface area contributed by atoms with Crippen molar-refractivity contribution in [2.75, 3.05) is 12.4 Å². The van der Waals surface area contributed by atoms with E-state index in [4.69, 9.17) is 4.74 Å². The molecule has 4 fully saturated rings. The highest BCUT2D eigenvalue weighted by Crippen LogP contribution is 2.60. The number of rotatable bonds is 4. The van der Waals surface area contributed by atoms with Crippen molar-refractivity contribution in [1.82, 2.24) is 0 Å². The molecule has 4 aliphatic rings. The summed E-state index contributed by atoms with van der Waals surface area (Å²) in [6, 6.07) is 0. The second-order valence-corrected chi connectivity index (χ2v) is 8.18. The molecule has 0 aliphatic heterocycles. The first-order valence-electron chi connectivity index (χ1n) is 6.93. The molecule has 0 aromatic heterocycles. The Bertz CT molecular complexity index is 446. The molecule has 4 saturated carbocycles. The molecular formula is C13H19O5S-. The fraction of sp³-hybridized carbons (Fsp3) is 0.923. The Morgan fingerprint density at radius 2 is 1.58 bits per heavy atom. The molecule has 4 aliphatic carbocycles. The van der Waals surface area contributed by atoms with Gasteiger partial charge in [-0.1, -0.05) is 0 Å². The second-order valence-electron chi connectivity index (χ2n) is 6.78. The van der Waals surface area contributed by atoms with Gasteiger partial charge in [-0.15, -0.1) is 0 Å². The van der Waals surface area contributed by atoms with E-state index in [0.29, 0.717) is 6.61 Å². The molecule has 108 valence electrons.